The Bertz CT molecular complexity index is 581. The van der Waals surface area contributed by atoms with Crippen LogP contribution in [0.4, 0.5) is 0 Å². The summed E-state index contributed by atoms with van der Waals surface area (Å²) in [5.74, 6) is 0.680. The molecule has 0 aliphatic heterocycles. The van der Waals surface area contributed by atoms with Crippen LogP contribution in [-0.2, 0) is 16.4 Å². The molecule has 1 aromatic carbocycles. The van der Waals surface area contributed by atoms with Gasteiger partial charge in [0, 0.05) is 12.1 Å². The quantitative estimate of drug-likeness (QED) is 0.766. The van der Waals surface area contributed by atoms with E-state index in [1.807, 2.05) is 6.07 Å². The van der Waals surface area contributed by atoms with E-state index < -0.39 is 10.0 Å². The SMILES string of the molecule is COc1ccc(S(=O)(=O)NC2CC2)c(CCNC(C)C)c1. The van der Waals surface area contributed by atoms with Crippen molar-refractivity contribution >= 4 is 10.0 Å². The average Bonchev–Trinajstić information content (AvgIpc) is 3.21. The third-order valence-corrected chi connectivity index (χ3v) is 5.02. The van der Waals surface area contributed by atoms with Crippen LogP contribution >= 0.6 is 0 Å². The third kappa shape index (κ3) is 4.69. The molecule has 1 saturated carbocycles. The molecule has 1 aliphatic carbocycles. The standard InChI is InChI=1S/C15H24N2O3S/c1-11(2)16-9-8-12-10-14(20-3)6-7-15(12)21(18,19)17-13-4-5-13/h6-7,10-11,13,16-17H,4-5,8-9H2,1-3H3. The van der Waals surface area contributed by atoms with Crippen LogP contribution in [0.15, 0.2) is 23.1 Å². The number of rotatable bonds is 8. The van der Waals surface area contributed by atoms with E-state index in [-0.39, 0.29) is 6.04 Å². The highest BCUT2D eigenvalue weighted by Gasteiger charge is 2.29. The first-order chi connectivity index (χ1) is 9.92. The lowest BCUT2D eigenvalue weighted by molar-refractivity contribution is 0.413. The maximum absolute atomic E-state index is 12.4. The van der Waals surface area contributed by atoms with Gasteiger partial charge in [-0.3, -0.25) is 0 Å². The summed E-state index contributed by atoms with van der Waals surface area (Å²) in [6.07, 6.45) is 2.51. The molecule has 6 heteroatoms. The topological polar surface area (TPSA) is 67.4 Å². The van der Waals surface area contributed by atoms with Crippen molar-refractivity contribution in [2.45, 2.75) is 50.1 Å². The van der Waals surface area contributed by atoms with E-state index >= 15 is 0 Å². The van der Waals surface area contributed by atoms with E-state index in [1.54, 1.807) is 19.2 Å². The summed E-state index contributed by atoms with van der Waals surface area (Å²) in [5, 5.41) is 3.31. The van der Waals surface area contributed by atoms with Gasteiger partial charge in [-0.2, -0.15) is 0 Å². The summed E-state index contributed by atoms with van der Waals surface area (Å²) in [6.45, 7) is 4.87. The summed E-state index contributed by atoms with van der Waals surface area (Å²) >= 11 is 0. The van der Waals surface area contributed by atoms with Crippen LogP contribution in [0.5, 0.6) is 5.75 Å². The number of hydrogen-bond acceptors (Lipinski definition) is 4. The molecular formula is C15H24N2O3S. The fourth-order valence-electron chi connectivity index (χ4n) is 2.12. The van der Waals surface area contributed by atoms with E-state index in [0.717, 1.165) is 24.9 Å². The van der Waals surface area contributed by atoms with Crippen LogP contribution in [-0.4, -0.2) is 34.2 Å². The van der Waals surface area contributed by atoms with Gasteiger partial charge in [0.25, 0.3) is 0 Å². The predicted octanol–water partition coefficient (Wildman–Crippen LogP) is 1.68. The molecule has 0 heterocycles. The van der Waals surface area contributed by atoms with Crippen molar-refractivity contribution in [2.75, 3.05) is 13.7 Å². The molecule has 0 aromatic heterocycles. The minimum atomic E-state index is -3.44. The Hall–Kier alpha value is -1.11. The summed E-state index contributed by atoms with van der Waals surface area (Å²) in [5.41, 5.74) is 0.788. The molecule has 0 spiro atoms. The zero-order chi connectivity index (χ0) is 15.5. The lowest BCUT2D eigenvalue weighted by Crippen LogP contribution is -2.28. The zero-order valence-electron chi connectivity index (χ0n) is 12.8. The van der Waals surface area contributed by atoms with Crippen molar-refractivity contribution in [1.29, 1.82) is 0 Å². The Kier molecular flexibility index (Phi) is 5.24. The Balaban J connectivity index is 2.21. The van der Waals surface area contributed by atoms with E-state index in [4.69, 9.17) is 4.74 Å². The fraction of sp³-hybridized carbons (Fsp3) is 0.600. The van der Waals surface area contributed by atoms with E-state index in [0.29, 0.717) is 23.1 Å². The summed E-state index contributed by atoms with van der Waals surface area (Å²) < 4.78 is 32.8. The number of sulfonamides is 1. The number of benzene rings is 1. The molecule has 21 heavy (non-hydrogen) atoms. The molecule has 2 rings (SSSR count). The molecule has 118 valence electrons. The van der Waals surface area contributed by atoms with Crippen LogP contribution < -0.4 is 14.8 Å². The van der Waals surface area contributed by atoms with Crippen molar-refractivity contribution in [1.82, 2.24) is 10.0 Å². The largest absolute Gasteiger partial charge is 0.497 e. The Morgan fingerprint density at radius 1 is 1.33 bits per heavy atom. The minimum Gasteiger partial charge on any atom is -0.497 e. The van der Waals surface area contributed by atoms with Gasteiger partial charge in [0.1, 0.15) is 5.75 Å². The van der Waals surface area contributed by atoms with Crippen molar-refractivity contribution in [3.8, 4) is 5.75 Å². The van der Waals surface area contributed by atoms with Gasteiger partial charge in [-0.15, -0.1) is 0 Å². The summed E-state index contributed by atoms with van der Waals surface area (Å²) in [7, 11) is -1.85. The third-order valence-electron chi connectivity index (χ3n) is 3.40. The van der Waals surface area contributed by atoms with Gasteiger partial charge in [0.15, 0.2) is 0 Å². The molecule has 0 radical (unpaired) electrons. The van der Waals surface area contributed by atoms with Crippen molar-refractivity contribution < 1.29 is 13.2 Å². The maximum Gasteiger partial charge on any atom is 0.241 e. The first-order valence-corrected chi connectivity index (χ1v) is 8.83. The van der Waals surface area contributed by atoms with Crippen molar-refractivity contribution in [2.24, 2.45) is 0 Å². The van der Waals surface area contributed by atoms with E-state index in [2.05, 4.69) is 23.9 Å². The highest BCUT2D eigenvalue weighted by atomic mass is 32.2. The molecule has 1 aromatic rings. The second-order valence-electron chi connectivity index (χ2n) is 5.73. The number of methoxy groups -OCH3 is 1. The molecule has 0 saturated heterocycles. The predicted molar refractivity (Wildman–Crippen MR) is 83.2 cm³/mol. The van der Waals surface area contributed by atoms with Crippen LogP contribution in [0.2, 0.25) is 0 Å². The molecule has 1 aliphatic rings. The maximum atomic E-state index is 12.4. The Morgan fingerprint density at radius 3 is 2.62 bits per heavy atom. The van der Waals surface area contributed by atoms with Gasteiger partial charge in [-0.25, -0.2) is 13.1 Å². The molecule has 0 atom stereocenters. The lowest BCUT2D eigenvalue weighted by Gasteiger charge is -2.14. The second-order valence-corrected chi connectivity index (χ2v) is 7.41. The normalized spacial score (nSPS) is 15.4. The van der Waals surface area contributed by atoms with Crippen LogP contribution in [0.1, 0.15) is 32.3 Å². The number of hydrogen-bond donors (Lipinski definition) is 2. The van der Waals surface area contributed by atoms with Crippen molar-refractivity contribution in [3.05, 3.63) is 23.8 Å². The van der Waals surface area contributed by atoms with Gasteiger partial charge < -0.3 is 10.1 Å². The molecule has 2 N–H and O–H groups in total. The lowest BCUT2D eigenvalue weighted by atomic mass is 10.1. The molecule has 5 nitrogen and oxygen atoms in total. The van der Waals surface area contributed by atoms with Crippen molar-refractivity contribution in [3.63, 3.8) is 0 Å². The molecule has 1 fully saturated rings. The van der Waals surface area contributed by atoms with Gasteiger partial charge >= 0.3 is 0 Å². The van der Waals surface area contributed by atoms with Gasteiger partial charge in [-0.1, -0.05) is 13.8 Å². The Morgan fingerprint density at radius 2 is 2.05 bits per heavy atom. The van der Waals surface area contributed by atoms with Gasteiger partial charge in [0.2, 0.25) is 10.0 Å². The number of nitrogens with one attached hydrogen (secondary N) is 2. The average molecular weight is 312 g/mol. The fourth-order valence-corrected chi connectivity index (χ4v) is 3.67. The highest BCUT2D eigenvalue weighted by molar-refractivity contribution is 7.89. The molecule has 0 bridgehead atoms. The molecule has 0 unspecified atom stereocenters. The van der Waals surface area contributed by atoms with E-state index in [1.165, 1.54) is 0 Å². The van der Waals surface area contributed by atoms with Crippen LogP contribution in [0.3, 0.4) is 0 Å². The van der Waals surface area contributed by atoms with E-state index in [9.17, 15) is 8.42 Å². The monoisotopic (exact) mass is 312 g/mol. The van der Waals surface area contributed by atoms with Crippen LogP contribution in [0.25, 0.3) is 0 Å². The van der Waals surface area contributed by atoms with Crippen LogP contribution in [0, 0.1) is 0 Å². The van der Waals surface area contributed by atoms with Gasteiger partial charge in [0.05, 0.1) is 12.0 Å². The minimum absolute atomic E-state index is 0.110. The first-order valence-electron chi connectivity index (χ1n) is 7.35. The molecule has 0 amide bonds. The molecular weight excluding hydrogens is 288 g/mol. The zero-order valence-corrected chi connectivity index (χ0v) is 13.7. The smallest absolute Gasteiger partial charge is 0.241 e. The number of ether oxygens (including phenoxy) is 1. The van der Waals surface area contributed by atoms with Gasteiger partial charge in [-0.05, 0) is 49.6 Å². The first kappa shape index (κ1) is 16.3. The summed E-state index contributed by atoms with van der Waals surface area (Å²) in [6, 6.07) is 5.62. The second kappa shape index (κ2) is 6.77. The summed E-state index contributed by atoms with van der Waals surface area (Å²) in [4.78, 5) is 0.362. The highest BCUT2D eigenvalue weighted by Crippen LogP contribution is 2.26. The Labute approximate surface area is 127 Å².